The van der Waals surface area contributed by atoms with E-state index in [0.717, 1.165) is 44.1 Å². The number of carbonyl (C=O) groups excluding carboxylic acids is 1. The molecule has 2 aliphatic rings. The molecule has 0 aromatic heterocycles. The highest BCUT2D eigenvalue weighted by atomic mass is 16.2. The molecule has 3 heteroatoms. The van der Waals surface area contributed by atoms with Crippen LogP contribution >= 0.6 is 0 Å². The third-order valence-corrected chi connectivity index (χ3v) is 4.30. The smallest absolute Gasteiger partial charge is 0.242 e. The van der Waals surface area contributed by atoms with Crippen molar-refractivity contribution in [3.05, 3.63) is 0 Å². The van der Waals surface area contributed by atoms with E-state index in [0.29, 0.717) is 0 Å². The fourth-order valence-electron chi connectivity index (χ4n) is 2.86. The standard InChI is InChI=1S/C13H24N2O/c1-10-8-11(10)9-15(2)12(16)13(14)6-4-3-5-7-13/h10-11H,3-9,14H2,1-2H3. The summed E-state index contributed by atoms with van der Waals surface area (Å²) in [6.45, 7) is 3.15. The predicted molar refractivity (Wildman–Crippen MR) is 64.9 cm³/mol. The van der Waals surface area contributed by atoms with Gasteiger partial charge in [-0.1, -0.05) is 26.2 Å². The lowest BCUT2D eigenvalue weighted by Gasteiger charge is -2.35. The van der Waals surface area contributed by atoms with Crippen molar-refractivity contribution in [1.82, 2.24) is 4.90 Å². The van der Waals surface area contributed by atoms with Gasteiger partial charge in [0.2, 0.25) is 5.91 Å². The van der Waals surface area contributed by atoms with Gasteiger partial charge in [0.15, 0.2) is 0 Å². The van der Waals surface area contributed by atoms with Crippen LogP contribution in [-0.2, 0) is 4.79 Å². The van der Waals surface area contributed by atoms with Crippen molar-refractivity contribution in [1.29, 1.82) is 0 Å². The lowest BCUT2D eigenvalue weighted by molar-refractivity contribution is -0.137. The molecule has 0 aliphatic heterocycles. The summed E-state index contributed by atoms with van der Waals surface area (Å²) in [5.41, 5.74) is 5.69. The Morgan fingerprint density at radius 3 is 2.44 bits per heavy atom. The molecule has 2 aliphatic carbocycles. The number of rotatable bonds is 3. The van der Waals surface area contributed by atoms with Crippen LogP contribution in [0, 0.1) is 11.8 Å². The van der Waals surface area contributed by atoms with E-state index >= 15 is 0 Å². The maximum atomic E-state index is 12.3. The maximum Gasteiger partial charge on any atom is 0.242 e. The second-order valence-electron chi connectivity index (χ2n) is 5.88. The predicted octanol–water partition coefficient (Wildman–Crippen LogP) is 1.76. The fourth-order valence-corrected chi connectivity index (χ4v) is 2.86. The first-order valence-electron chi connectivity index (χ1n) is 6.57. The number of likely N-dealkylation sites (N-methyl/N-ethyl adjacent to an activating group) is 1. The van der Waals surface area contributed by atoms with E-state index in [2.05, 4.69) is 6.92 Å². The summed E-state index contributed by atoms with van der Waals surface area (Å²) < 4.78 is 0. The van der Waals surface area contributed by atoms with Gasteiger partial charge in [-0.2, -0.15) is 0 Å². The first-order chi connectivity index (χ1) is 7.53. The lowest BCUT2D eigenvalue weighted by atomic mass is 9.81. The zero-order valence-electron chi connectivity index (χ0n) is 10.5. The summed E-state index contributed by atoms with van der Waals surface area (Å²) in [5.74, 6) is 1.70. The zero-order chi connectivity index (χ0) is 11.8. The van der Waals surface area contributed by atoms with Crippen molar-refractivity contribution >= 4 is 5.91 Å². The van der Waals surface area contributed by atoms with Crippen molar-refractivity contribution in [2.75, 3.05) is 13.6 Å². The Morgan fingerprint density at radius 1 is 1.38 bits per heavy atom. The molecule has 0 aromatic carbocycles. The number of carbonyl (C=O) groups is 1. The minimum absolute atomic E-state index is 0.173. The van der Waals surface area contributed by atoms with Crippen LogP contribution in [0.2, 0.25) is 0 Å². The van der Waals surface area contributed by atoms with E-state index in [-0.39, 0.29) is 5.91 Å². The van der Waals surface area contributed by atoms with Gasteiger partial charge in [0.1, 0.15) is 0 Å². The fraction of sp³-hybridized carbons (Fsp3) is 0.923. The van der Waals surface area contributed by atoms with Gasteiger partial charge in [0.05, 0.1) is 5.54 Å². The minimum Gasteiger partial charge on any atom is -0.344 e. The van der Waals surface area contributed by atoms with E-state index in [1.54, 1.807) is 0 Å². The molecule has 2 fully saturated rings. The average Bonchev–Trinajstić information content (AvgIpc) is 2.94. The first kappa shape index (κ1) is 11.9. The molecule has 0 radical (unpaired) electrons. The van der Waals surface area contributed by atoms with Gasteiger partial charge in [-0.15, -0.1) is 0 Å². The van der Waals surface area contributed by atoms with Gasteiger partial charge < -0.3 is 10.6 Å². The molecular formula is C13H24N2O. The molecule has 0 aromatic rings. The molecule has 92 valence electrons. The molecule has 3 nitrogen and oxygen atoms in total. The molecule has 2 saturated carbocycles. The molecule has 2 N–H and O–H groups in total. The van der Waals surface area contributed by atoms with Crippen LogP contribution in [0.3, 0.4) is 0 Å². The Labute approximate surface area is 98.4 Å². The molecule has 2 unspecified atom stereocenters. The van der Waals surface area contributed by atoms with Crippen LogP contribution in [0.5, 0.6) is 0 Å². The summed E-state index contributed by atoms with van der Waals surface area (Å²) in [6.07, 6.45) is 6.46. The zero-order valence-corrected chi connectivity index (χ0v) is 10.5. The van der Waals surface area contributed by atoms with E-state index in [1.807, 2.05) is 11.9 Å². The van der Waals surface area contributed by atoms with Gasteiger partial charge in [-0.05, 0) is 31.1 Å². The van der Waals surface area contributed by atoms with Crippen LogP contribution < -0.4 is 5.73 Å². The molecule has 0 spiro atoms. The molecule has 2 rings (SSSR count). The molecule has 1 amide bonds. The highest BCUT2D eigenvalue weighted by molar-refractivity contribution is 5.86. The third kappa shape index (κ3) is 2.40. The number of nitrogens with zero attached hydrogens (tertiary/aromatic N) is 1. The summed E-state index contributed by atoms with van der Waals surface area (Å²) in [6, 6.07) is 0. The number of nitrogens with two attached hydrogens (primary N) is 1. The Kier molecular flexibility index (Phi) is 3.24. The summed E-state index contributed by atoms with van der Waals surface area (Å²) in [4.78, 5) is 14.2. The van der Waals surface area contributed by atoms with Crippen molar-refractivity contribution in [3.63, 3.8) is 0 Å². The van der Waals surface area contributed by atoms with Crippen LogP contribution in [0.1, 0.15) is 45.4 Å². The molecule has 2 atom stereocenters. The largest absolute Gasteiger partial charge is 0.344 e. The summed E-state index contributed by atoms with van der Waals surface area (Å²) in [7, 11) is 1.91. The lowest BCUT2D eigenvalue weighted by Crippen LogP contribution is -2.55. The Hall–Kier alpha value is -0.570. The number of hydrogen-bond acceptors (Lipinski definition) is 2. The van der Waals surface area contributed by atoms with Crippen molar-refractivity contribution in [3.8, 4) is 0 Å². The second kappa shape index (κ2) is 4.36. The van der Waals surface area contributed by atoms with E-state index in [4.69, 9.17) is 5.73 Å². The van der Waals surface area contributed by atoms with Crippen molar-refractivity contribution in [2.24, 2.45) is 17.6 Å². The van der Waals surface area contributed by atoms with Gasteiger partial charge in [-0.3, -0.25) is 4.79 Å². The Balaban J connectivity index is 1.89. The molecular weight excluding hydrogens is 200 g/mol. The highest BCUT2D eigenvalue weighted by Crippen LogP contribution is 2.38. The Bertz CT molecular complexity index is 271. The maximum absolute atomic E-state index is 12.3. The second-order valence-corrected chi connectivity index (χ2v) is 5.88. The number of amides is 1. The normalized spacial score (nSPS) is 32.2. The quantitative estimate of drug-likeness (QED) is 0.794. The van der Waals surface area contributed by atoms with E-state index in [1.165, 1.54) is 12.8 Å². The topological polar surface area (TPSA) is 46.3 Å². The van der Waals surface area contributed by atoms with Gasteiger partial charge in [-0.25, -0.2) is 0 Å². The molecule has 0 saturated heterocycles. The van der Waals surface area contributed by atoms with Gasteiger partial charge >= 0.3 is 0 Å². The third-order valence-electron chi connectivity index (χ3n) is 4.30. The van der Waals surface area contributed by atoms with Gasteiger partial charge in [0.25, 0.3) is 0 Å². The highest BCUT2D eigenvalue weighted by Gasteiger charge is 2.40. The van der Waals surface area contributed by atoms with E-state index < -0.39 is 5.54 Å². The van der Waals surface area contributed by atoms with Crippen molar-refractivity contribution < 1.29 is 4.79 Å². The van der Waals surface area contributed by atoms with Crippen LogP contribution in [0.15, 0.2) is 0 Å². The molecule has 0 heterocycles. The number of hydrogen-bond donors (Lipinski definition) is 1. The van der Waals surface area contributed by atoms with Crippen LogP contribution in [-0.4, -0.2) is 29.9 Å². The molecule has 16 heavy (non-hydrogen) atoms. The molecule has 0 bridgehead atoms. The van der Waals surface area contributed by atoms with Crippen molar-refractivity contribution in [2.45, 2.75) is 51.0 Å². The first-order valence-corrected chi connectivity index (χ1v) is 6.57. The summed E-state index contributed by atoms with van der Waals surface area (Å²) in [5, 5.41) is 0. The van der Waals surface area contributed by atoms with Crippen LogP contribution in [0.4, 0.5) is 0 Å². The van der Waals surface area contributed by atoms with E-state index in [9.17, 15) is 4.79 Å². The monoisotopic (exact) mass is 224 g/mol. The summed E-state index contributed by atoms with van der Waals surface area (Å²) >= 11 is 0. The van der Waals surface area contributed by atoms with Crippen LogP contribution in [0.25, 0.3) is 0 Å². The minimum atomic E-state index is -0.550. The van der Waals surface area contributed by atoms with Gasteiger partial charge in [0, 0.05) is 13.6 Å². The average molecular weight is 224 g/mol. The Morgan fingerprint density at radius 2 is 1.94 bits per heavy atom. The SMILES string of the molecule is CC1CC1CN(C)C(=O)C1(N)CCCCC1.